The number of para-hydroxylation sites is 1. The first-order chi connectivity index (χ1) is 16.1. The van der Waals surface area contributed by atoms with Crippen molar-refractivity contribution < 1.29 is 26.8 Å². The van der Waals surface area contributed by atoms with Crippen molar-refractivity contribution in [2.45, 2.75) is 24.7 Å². The second-order valence-electron chi connectivity index (χ2n) is 7.45. The van der Waals surface area contributed by atoms with Gasteiger partial charge in [-0.3, -0.25) is 9.59 Å². The Morgan fingerprint density at radius 2 is 1.91 bits per heavy atom. The maximum absolute atomic E-state index is 14.4. The Kier molecular flexibility index (Phi) is 6.70. The summed E-state index contributed by atoms with van der Waals surface area (Å²) in [5.41, 5.74) is 0.522. The summed E-state index contributed by atoms with van der Waals surface area (Å²) in [6.07, 6.45) is -0.233. The number of aromatic nitrogens is 1. The molecule has 0 aliphatic carbocycles. The lowest BCUT2D eigenvalue weighted by Crippen LogP contribution is -2.37. The van der Waals surface area contributed by atoms with Gasteiger partial charge in [-0.15, -0.1) is 0 Å². The molecule has 1 N–H and O–H groups in total. The van der Waals surface area contributed by atoms with Crippen LogP contribution < -0.4 is 10.2 Å². The highest BCUT2D eigenvalue weighted by Crippen LogP contribution is 2.34. The smallest absolute Gasteiger partial charge is 0.270 e. The number of hydrogen-bond acceptors (Lipinski definition) is 6. The molecule has 0 saturated carbocycles. The molecule has 178 valence electrons. The minimum Gasteiger partial charge on any atom is -0.306 e. The lowest BCUT2D eigenvalue weighted by Gasteiger charge is -2.26. The molecule has 7 nitrogen and oxygen atoms in total. The third-order valence-corrected chi connectivity index (χ3v) is 8.32. The monoisotopic (exact) mass is 525 g/mol. The fourth-order valence-corrected chi connectivity index (χ4v) is 5.62. The SMILES string of the molecule is CCS(=O)(=O)c1cc(F)c(CC(=O)Nc2nc3c(s2)C(=O)N(c2ccccc2Cl)CC3)c(F)c1. The average Bonchev–Trinajstić information content (AvgIpc) is 3.20. The number of hydrogen-bond donors (Lipinski definition) is 1. The number of benzene rings is 2. The Hall–Kier alpha value is -2.89. The van der Waals surface area contributed by atoms with E-state index in [0.717, 1.165) is 11.3 Å². The van der Waals surface area contributed by atoms with Gasteiger partial charge in [0.1, 0.15) is 16.5 Å². The van der Waals surface area contributed by atoms with Crippen LogP contribution in [0.5, 0.6) is 0 Å². The molecule has 2 amide bonds. The number of sulfone groups is 1. The van der Waals surface area contributed by atoms with Crippen LogP contribution in [0.1, 0.15) is 27.9 Å². The van der Waals surface area contributed by atoms with Crippen LogP contribution in [-0.2, 0) is 27.5 Å². The van der Waals surface area contributed by atoms with Gasteiger partial charge in [-0.25, -0.2) is 22.2 Å². The molecule has 0 bridgehead atoms. The number of nitrogens with zero attached hydrogens (tertiary/aromatic N) is 2. The standard InChI is InChI=1S/C22H18ClF2N3O4S2/c1-2-34(31,32)12-9-15(24)13(16(25)10-12)11-19(29)27-22-26-17-7-8-28(21(30)20(17)33-22)18-6-4-3-5-14(18)23/h3-6,9-10H,2,7-8,11H2,1H3,(H,26,27,29). The van der Waals surface area contributed by atoms with Gasteiger partial charge in [0, 0.05) is 18.5 Å². The van der Waals surface area contributed by atoms with Gasteiger partial charge in [-0.05, 0) is 24.3 Å². The van der Waals surface area contributed by atoms with Crippen molar-refractivity contribution in [3.63, 3.8) is 0 Å². The van der Waals surface area contributed by atoms with E-state index in [9.17, 15) is 26.8 Å². The average molecular weight is 526 g/mol. The molecular formula is C22H18ClF2N3O4S2. The van der Waals surface area contributed by atoms with Crippen LogP contribution in [-0.4, -0.2) is 37.5 Å². The molecule has 0 atom stereocenters. The van der Waals surface area contributed by atoms with Gasteiger partial charge in [0.25, 0.3) is 5.91 Å². The minimum atomic E-state index is -3.80. The predicted molar refractivity (Wildman–Crippen MR) is 125 cm³/mol. The number of anilines is 2. The normalized spacial score (nSPS) is 13.6. The zero-order valence-corrected chi connectivity index (χ0v) is 20.2. The summed E-state index contributed by atoms with van der Waals surface area (Å²) in [7, 11) is -3.80. The Morgan fingerprint density at radius 1 is 1.24 bits per heavy atom. The molecule has 0 unspecified atom stereocenters. The Bertz CT molecular complexity index is 1390. The van der Waals surface area contributed by atoms with Crippen molar-refractivity contribution in [2.24, 2.45) is 0 Å². The van der Waals surface area contributed by atoms with Crippen molar-refractivity contribution in [1.29, 1.82) is 0 Å². The van der Waals surface area contributed by atoms with E-state index < -0.39 is 44.3 Å². The molecule has 2 aromatic carbocycles. The van der Waals surface area contributed by atoms with Crippen LogP contribution in [0.2, 0.25) is 5.02 Å². The highest BCUT2D eigenvalue weighted by Gasteiger charge is 2.31. The fraction of sp³-hybridized carbons (Fsp3) is 0.227. The fourth-order valence-electron chi connectivity index (χ4n) is 3.50. The summed E-state index contributed by atoms with van der Waals surface area (Å²) >= 11 is 7.17. The van der Waals surface area contributed by atoms with Gasteiger partial charge in [0.05, 0.1) is 33.5 Å². The number of carbonyl (C=O) groups is 2. The lowest BCUT2D eigenvalue weighted by atomic mass is 10.1. The molecule has 0 fully saturated rings. The Balaban J connectivity index is 1.51. The zero-order chi connectivity index (χ0) is 24.6. The maximum atomic E-state index is 14.4. The van der Waals surface area contributed by atoms with E-state index in [0.29, 0.717) is 46.4 Å². The van der Waals surface area contributed by atoms with Gasteiger partial charge < -0.3 is 10.2 Å². The van der Waals surface area contributed by atoms with Gasteiger partial charge in [0.2, 0.25) is 5.91 Å². The predicted octanol–water partition coefficient (Wildman–Crippen LogP) is 4.25. The number of amides is 2. The molecule has 34 heavy (non-hydrogen) atoms. The van der Waals surface area contributed by atoms with Gasteiger partial charge in [-0.1, -0.05) is 42.0 Å². The summed E-state index contributed by atoms with van der Waals surface area (Å²) in [6, 6.07) is 8.34. The molecule has 0 spiro atoms. The molecule has 1 aliphatic rings. The summed E-state index contributed by atoms with van der Waals surface area (Å²) in [6.45, 7) is 1.72. The van der Waals surface area contributed by atoms with E-state index in [1.165, 1.54) is 11.8 Å². The molecule has 2 heterocycles. The first-order valence-corrected chi connectivity index (χ1v) is 13.0. The van der Waals surface area contributed by atoms with Crippen LogP contribution in [0.4, 0.5) is 19.6 Å². The summed E-state index contributed by atoms with van der Waals surface area (Å²) in [5.74, 6) is -3.65. The van der Waals surface area contributed by atoms with E-state index in [4.69, 9.17) is 11.6 Å². The number of thiazole rings is 1. The van der Waals surface area contributed by atoms with Crippen LogP contribution in [0, 0.1) is 11.6 Å². The number of nitrogens with one attached hydrogen (secondary N) is 1. The Morgan fingerprint density at radius 3 is 2.56 bits per heavy atom. The molecule has 0 saturated heterocycles. The highest BCUT2D eigenvalue weighted by molar-refractivity contribution is 7.91. The highest BCUT2D eigenvalue weighted by atomic mass is 35.5. The molecule has 3 aromatic rings. The summed E-state index contributed by atoms with van der Waals surface area (Å²) in [4.78, 5) is 31.1. The molecule has 1 aromatic heterocycles. The first-order valence-electron chi connectivity index (χ1n) is 10.2. The second-order valence-corrected chi connectivity index (χ2v) is 11.1. The van der Waals surface area contributed by atoms with Crippen LogP contribution in [0.15, 0.2) is 41.3 Å². The largest absolute Gasteiger partial charge is 0.306 e. The van der Waals surface area contributed by atoms with Crippen molar-refractivity contribution in [1.82, 2.24) is 4.98 Å². The van der Waals surface area contributed by atoms with E-state index in [-0.39, 0.29) is 16.8 Å². The van der Waals surface area contributed by atoms with Crippen molar-refractivity contribution >= 4 is 55.4 Å². The number of fused-ring (bicyclic) bond motifs is 1. The van der Waals surface area contributed by atoms with Crippen molar-refractivity contribution in [3.05, 3.63) is 69.2 Å². The molecule has 4 rings (SSSR count). The van der Waals surface area contributed by atoms with Crippen LogP contribution in [0.25, 0.3) is 0 Å². The molecular weight excluding hydrogens is 508 g/mol. The molecule has 0 radical (unpaired) electrons. The van der Waals surface area contributed by atoms with E-state index in [2.05, 4.69) is 10.3 Å². The van der Waals surface area contributed by atoms with Crippen molar-refractivity contribution in [2.75, 3.05) is 22.5 Å². The van der Waals surface area contributed by atoms with Gasteiger partial charge >= 0.3 is 0 Å². The van der Waals surface area contributed by atoms with Gasteiger partial charge in [-0.2, -0.15) is 0 Å². The van der Waals surface area contributed by atoms with Crippen LogP contribution >= 0.6 is 22.9 Å². The molecule has 1 aliphatic heterocycles. The summed E-state index contributed by atoms with van der Waals surface area (Å²) in [5, 5.41) is 3.02. The third kappa shape index (κ3) is 4.68. The van der Waals surface area contributed by atoms with Crippen molar-refractivity contribution in [3.8, 4) is 0 Å². The number of halogens is 3. The summed E-state index contributed by atoms with van der Waals surface area (Å²) < 4.78 is 52.5. The van der Waals surface area contributed by atoms with E-state index in [1.54, 1.807) is 24.3 Å². The van der Waals surface area contributed by atoms with Crippen LogP contribution in [0.3, 0.4) is 0 Å². The lowest BCUT2D eigenvalue weighted by molar-refractivity contribution is -0.115. The maximum Gasteiger partial charge on any atom is 0.270 e. The quantitative estimate of drug-likeness (QED) is 0.519. The first kappa shape index (κ1) is 24.2. The molecule has 12 heteroatoms. The topological polar surface area (TPSA) is 96.4 Å². The van der Waals surface area contributed by atoms with E-state index in [1.807, 2.05) is 0 Å². The third-order valence-electron chi connectivity index (χ3n) is 5.29. The number of rotatable bonds is 6. The zero-order valence-electron chi connectivity index (χ0n) is 17.8. The second kappa shape index (κ2) is 9.40. The Labute approximate surface area is 203 Å². The minimum absolute atomic E-state index is 0.121. The number of carbonyl (C=O) groups excluding carboxylic acids is 2. The van der Waals surface area contributed by atoms with Gasteiger partial charge in [0.15, 0.2) is 15.0 Å². The van der Waals surface area contributed by atoms with E-state index >= 15 is 0 Å².